The van der Waals surface area contributed by atoms with Crippen molar-refractivity contribution in [2.24, 2.45) is 0 Å². The molecule has 16 heavy (non-hydrogen) atoms. The zero-order valence-electron chi connectivity index (χ0n) is 9.53. The summed E-state index contributed by atoms with van der Waals surface area (Å²) in [5.41, 5.74) is 7.86. The predicted molar refractivity (Wildman–Crippen MR) is 60.0 cm³/mol. The predicted octanol–water partition coefficient (Wildman–Crippen LogP) is 0.710. The van der Waals surface area contributed by atoms with Crippen molar-refractivity contribution in [3.8, 4) is 0 Å². The Morgan fingerprint density at radius 2 is 2.31 bits per heavy atom. The molecule has 0 amide bonds. The van der Waals surface area contributed by atoms with Gasteiger partial charge in [0.05, 0.1) is 25.5 Å². The Morgan fingerprint density at radius 3 is 3.12 bits per heavy atom. The zero-order valence-corrected chi connectivity index (χ0v) is 9.53. The van der Waals surface area contributed by atoms with E-state index in [4.69, 9.17) is 15.2 Å². The van der Waals surface area contributed by atoms with Crippen LogP contribution in [0.15, 0.2) is 0 Å². The minimum atomic E-state index is 0.535. The summed E-state index contributed by atoms with van der Waals surface area (Å²) < 4.78 is 10.6. The standard InChI is InChI=1S/C11H17N3O2/c1-2-15-6-4-10-13-9-3-5-16-7-8(9)11(12)14-10/h2-7H2,1H3,(H2,12,13,14). The van der Waals surface area contributed by atoms with Gasteiger partial charge in [-0.15, -0.1) is 0 Å². The van der Waals surface area contributed by atoms with Crippen molar-refractivity contribution >= 4 is 5.82 Å². The molecule has 0 fully saturated rings. The van der Waals surface area contributed by atoms with Crippen LogP contribution in [0.1, 0.15) is 24.0 Å². The second-order valence-electron chi connectivity index (χ2n) is 3.70. The second-order valence-corrected chi connectivity index (χ2v) is 3.70. The fourth-order valence-corrected chi connectivity index (χ4v) is 1.73. The summed E-state index contributed by atoms with van der Waals surface area (Å²) in [5.74, 6) is 1.32. The average molecular weight is 223 g/mol. The molecule has 0 spiro atoms. The van der Waals surface area contributed by atoms with Crippen LogP contribution in [0.2, 0.25) is 0 Å². The highest BCUT2D eigenvalue weighted by atomic mass is 16.5. The Morgan fingerprint density at radius 1 is 1.44 bits per heavy atom. The van der Waals surface area contributed by atoms with E-state index >= 15 is 0 Å². The molecule has 2 rings (SSSR count). The first-order chi connectivity index (χ1) is 7.81. The quantitative estimate of drug-likeness (QED) is 0.761. The third kappa shape index (κ3) is 2.48. The van der Waals surface area contributed by atoms with Crippen molar-refractivity contribution in [3.05, 3.63) is 17.1 Å². The first-order valence-electron chi connectivity index (χ1n) is 5.61. The molecular formula is C11H17N3O2. The molecule has 5 nitrogen and oxygen atoms in total. The zero-order chi connectivity index (χ0) is 11.4. The number of nitrogens with zero attached hydrogens (tertiary/aromatic N) is 2. The minimum Gasteiger partial charge on any atom is -0.383 e. The van der Waals surface area contributed by atoms with Gasteiger partial charge >= 0.3 is 0 Å². The molecule has 2 N–H and O–H groups in total. The van der Waals surface area contributed by atoms with Crippen LogP contribution in [0.4, 0.5) is 5.82 Å². The van der Waals surface area contributed by atoms with E-state index in [0.717, 1.165) is 23.5 Å². The van der Waals surface area contributed by atoms with Crippen LogP contribution in [0.5, 0.6) is 0 Å². The fraction of sp³-hybridized carbons (Fsp3) is 0.636. The maximum atomic E-state index is 5.87. The van der Waals surface area contributed by atoms with E-state index in [2.05, 4.69) is 9.97 Å². The Hall–Kier alpha value is -1.20. The van der Waals surface area contributed by atoms with Crippen LogP contribution < -0.4 is 5.73 Å². The first kappa shape index (κ1) is 11.3. The van der Waals surface area contributed by atoms with Crippen LogP contribution in [-0.4, -0.2) is 29.8 Å². The smallest absolute Gasteiger partial charge is 0.133 e. The first-order valence-corrected chi connectivity index (χ1v) is 5.61. The summed E-state index contributed by atoms with van der Waals surface area (Å²) in [5, 5.41) is 0. The second kappa shape index (κ2) is 5.23. The third-order valence-electron chi connectivity index (χ3n) is 2.57. The monoisotopic (exact) mass is 223 g/mol. The van der Waals surface area contributed by atoms with E-state index in [1.807, 2.05) is 6.92 Å². The lowest BCUT2D eigenvalue weighted by atomic mass is 10.1. The molecule has 0 saturated heterocycles. The molecule has 88 valence electrons. The summed E-state index contributed by atoms with van der Waals surface area (Å²) in [6, 6.07) is 0. The van der Waals surface area contributed by atoms with Crippen molar-refractivity contribution in [2.45, 2.75) is 26.4 Å². The molecule has 0 unspecified atom stereocenters. The van der Waals surface area contributed by atoms with Crippen LogP contribution in [0.25, 0.3) is 0 Å². The van der Waals surface area contributed by atoms with Gasteiger partial charge in [0.2, 0.25) is 0 Å². The Balaban J connectivity index is 2.12. The van der Waals surface area contributed by atoms with Crippen LogP contribution in [0, 0.1) is 0 Å². The Labute approximate surface area is 95.0 Å². The molecule has 1 aromatic heterocycles. The molecule has 0 atom stereocenters. The van der Waals surface area contributed by atoms with Crippen molar-refractivity contribution in [1.29, 1.82) is 0 Å². The molecule has 1 aliphatic heterocycles. The Kier molecular flexibility index (Phi) is 3.69. The highest BCUT2D eigenvalue weighted by Gasteiger charge is 2.16. The van der Waals surface area contributed by atoms with Crippen molar-refractivity contribution in [1.82, 2.24) is 9.97 Å². The molecule has 5 heteroatoms. The molecule has 0 bridgehead atoms. The number of hydrogen-bond donors (Lipinski definition) is 1. The number of aromatic nitrogens is 2. The lowest BCUT2D eigenvalue weighted by Crippen LogP contribution is -2.17. The average Bonchev–Trinajstić information content (AvgIpc) is 2.30. The van der Waals surface area contributed by atoms with Crippen molar-refractivity contribution in [3.63, 3.8) is 0 Å². The highest BCUT2D eigenvalue weighted by Crippen LogP contribution is 2.19. The van der Waals surface area contributed by atoms with Gasteiger partial charge in [-0.25, -0.2) is 9.97 Å². The van der Waals surface area contributed by atoms with Crippen molar-refractivity contribution in [2.75, 3.05) is 25.6 Å². The van der Waals surface area contributed by atoms with E-state index in [1.54, 1.807) is 0 Å². The van der Waals surface area contributed by atoms with Gasteiger partial charge in [0.1, 0.15) is 11.6 Å². The number of hydrogen-bond acceptors (Lipinski definition) is 5. The highest BCUT2D eigenvalue weighted by molar-refractivity contribution is 5.42. The molecule has 0 aromatic carbocycles. The molecule has 2 heterocycles. The molecule has 0 saturated carbocycles. The van der Waals surface area contributed by atoms with E-state index in [1.165, 1.54) is 0 Å². The number of nitrogen functional groups attached to an aromatic ring is 1. The maximum Gasteiger partial charge on any atom is 0.133 e. The van der Waals surface area contributed by atoms with Gasteiger partial charge in [-0.1, -0.05) is 0 Å². The number of ether oxygens (including phenoxy) is 2. The lowest BCUT2D eigenvalue weighted by molar-refractivity contribution is 0.109. The van der Waals surface area contributed by atoms with Crippen LogP contribution >= 0.6 is 0 Å². The molecule has 0 radical (unpaired) electrons. The largest absolute Gasteiger partial charge is 0.383 e. The number of nitrogens with two attached hydrogens (primary N) is 1. The van der Waals surface area contributed by atoms with Gasteiger partial charge in [-0.3, -0.25) is 0 Å². The topological polar surface area (TPSA) is 70.3 Å². The number of rotatable bonds is 4. The van der Waals surface area contributed by atoms with E-state index in [-0.39, 0.29) is 0 Å². The SMILES string of the molecule is CCOCCc1nc(N)c2c(n1)CCOC2. The summed E-state index contributed by atoms with van der Waals surface area (Å²) in [6.45, 7) is 4.58. The molecule has 1 aliphatic rings. The third-order valence-corrected chi connectivity index (χ3v) is 2.57. The lowest BCUT2D eigenvalue weighted by Gasteiger charge is -2.17. The summed E-state index contributed by atoms with van der Waals surface area (Å²) in [4.78, 5) is 8.76. The van der Waals surface area contributed by atoms with Gasteiger partial charge in [-0.2, -0.15) is 0 Å². The van der Waals surface area contributed by atoms with Gasteiger partial charge in [-0.05, 0) is 6.92 Å². The van der Waals surface area contributed by atoms with Crippen LogP contribution in [-0.2, 0) is 28.9 Å². The minimum absolute atomic E-state index is 0.535. The normalized spacial score (nSPS) is 14.8. The van der Waals surface area contributed by atoms with Crippen LogP contribution in [0.3, 0.4) is 0 Å². The van der Waals surface area contributed by atoms with E-state index in [9.17, 15) is 0 Å². The van der Waals surface area contributed by atoms with Crippen molar-refractivity contribution < 1.29 is 9.47 Å². The summed E-state index contributed by atoms with van der Waals surface area (Å²) in [7, 11) is 0. The number of anilines is 1. The molecular weight excluding hydrogens is 206 g/mol. The summed E-state index contributed by atoms with van der Waals surface area (Å²) >= 11 is 0. The fourth-order valence-electron chi connectivity index (χ4n) is 1.73. The molecule has 0 aliphatic carbocycles. The van der Waals surface area contributed by atoms with Gasteiger partial charge in [0.25, 0.3) is 0 Å². The number of fused-ring (bicyclic) bond motifs is 1. The van der Waals surface area contributed by atoms with E-state index < -0.39 is 0 Å². The van der Waals surface area contributed by atoms with Gasteiger partial charge in [0.15, 0.2) is 0 Å². The van der Waals surface area contributed by atoms with Gasteiger partial charge < -0.3 is 15.2 Å². The van der Waals surface area contributed by atoms with E-state index in [0.29, 0.717) is 38.7 Å². The maximum absolute atomic E-state index is 5.87. The Bertz CT molecular complexity index is 368. The summed E-state index contributed by atoms with van der Waals surface area (Å²) in [6.07, 6.45) is 1.54. The molecule has 1 aromatic rings. The van der Waals surface area contributed by atoms with Gasteiger partial charge in [0, 0.05) is 25.0 Å².